The SMILES string of the molecule is CC.CCC.CCNc1nc(C)nc(NCC2CCC(CC)CC2)n1.Cc1ccc(S(=O)(=O)CCC(C)C(C)C)cc1. The van der Waals surface area contributed by atoms with Gasteiger partial charge >= 0.3 is 0 Å². The number of anilines is 2. The minimum Gasteiger partial charge on any atom is -0.354 e. The number of hydrogen-bond acceptors (Lipinski definition) is 7. The van der Waals surface area contributed by atoms with E-state index in [0.717, 1.165) is 42.7 Å². The average Bonchev–Trinajstić information content (AvgIpc) is 2.97. The van der Waals surface area contributed by atoms with Gasteiger partial charge in [0.1, 0.15) is 5.82 Å². The van der Waals surface area contributed by atoms with Gasteiger partial charge in [-0.2, -0.15) is 15.0 Å². The molecule has 1 atom stereocenters. The molecule has 0 amide bonds. The number of rotatable bonds is 11. The predicted octanol–water partition coefficient (Wildman–Crippen LogP) is 9.13. The van der Waals surface area contributed by atoms with Gasteiger partial charge in [-0.15, -0.1) is 0 Å². The Labute approximate surface area is 259 Å². The molecular formula is C34H63N5O2S. The van der Waals surface area contributed by atoms with E-state index in [9.17, 15) is 8.42 Å². The predicted molar refractivity (Wildman–Crippen MR) is 182 cm³/mol. The molecule has 1 aliphatic carbocycles. The third kappa shape index (κ3) is 16.4. The van der Waals surface area contributed by atoms with Crippen molar-refractivity contribution in [3.8, 4) is 0 Å². The van der Waals surface area contributed by atoms with Crippen LogP contribution < -0.4 is 10.6 Å². The topological polar surface area (TPSA) is 96.9 Å². The van der Waals surface area contributed by atoms with Crippen LogP contribution in [0.25, 0.3) is 0 Å². The summed E-state index contributed by atoms with van der Waals surface area (Å²) in [4.78, 5) is 13.5. The van der Waals surface area contributed by atoms with Crippen LogP contribution in [0.3, 0.4) is 0 Å². The van der Waals surface area contributed by atoms with E-state index in [1.807, 2.05) is 46.8 Å². The molecule has 3 rings (SSSR count). The maximum Gasteiger partial charge on any atom is 0.227 e. The van der Waals surface area contributed by atoms with Gasteiger partial charge in [0.15, 0.2) is 9.84 Å². The Kier molecular flexibility index (Phi) is 21.2. The Balaban J connectivity index is 0.000000701. The van der Waals surface area contributed by atoms with E-state index in [1.54, 1.807) is 12.1 Å². The summed E-state index contributed by atoms with van der Waals surface area (Å²) in [5.74, 6) is 5.05. The Morgan fingerprint density at radius 1 is 0.810 bits per heavy atom. The zero-order chi connectivity index (χ0) is 32.1. The summed E-state index contributed by atoms with van der Waals surface area (Å²) in [6.45, 7) is 24.6. The lowest BCUT2D eigenvalue weighted by molar-refractivity contribution is 0.278. The quantitative estimate of drug-likeness (QED) is 0.264. The molecule has 1 heterocycles. The summed E-state index contributed by atoms with van der Waals surface area (Å²) in [5.41, 5.74) is 1.08. The minimum absolute atomic E-state index is 0.245. The first-order valence-electron chi connectivity index (χ1n) is 16.4. The van der Waals surface area contributed by atoms with E-state index in [-0.39, 0.29) is 5.75 Å². The van der Waals surface area contributed by atoms with E-state index in [1.165, 1.54) is 38.5 Å². The Morgan fingerprint density at radius 2 is 1.31 bits per heavy atom. The molecule has 1 saturated carbocycles. The molecule has 0 aliphatic heterocycles. The first-order chi connectivity index (χ1) is 19.9. The van der Waals surface area contributed by atoms with Crippen molar-refractivity contribution >= 4 is 21.7 Å². The van der Waals surface area contributed by atoms with Gasteiger partial charge in [0.25, 0.3) is 0 Å². The highest BCUT2D eigenvalue weighted by molar-refractivity contribution is 7.91. The number of aromatic nitrogens is 3. The van der Waals surface area contributed by atoms with Crippen LogP contribution in [-0.4, -0.2) is 42.2 Å². The maximum atomic E-state index is 12.1. The monoisotopic (exact) mass is 605 g/mol. The van der Waals surface area contributed by atoms with Crippen LogP contribution in [0.4, 0.5) is 11.9 Å². The standard InChI is InChI=1S/C15H27N5.C14H22O2S.C3H8.C2H6/c1-4-12-6-8-13(9-7-12)10-17-15-19-11(3)18-14(20-15)16-5-2;1-11(2)13(4)9-10-17(15,16)14-7-5-12(3)6-8-14;1-3-2;1-2/h12-13H,4-10H2,1-3H3,(H2,16,17,18,19,20);5-8,11,13H,9-10H2,1-4H3;3H2,1-2H3;1-2H3. The van der Waals surface area contributed by atoms with E-state index < -0.39 is 9.84 Å². The van der Waals surface area contributed by atoms with Gasteiger partial charge in [-0.3, -0.25) is 0 Å². The molecule has 1 unspecified atom stereocenters. The normalized spacial score (nSPS) is 17.0. The van der Waals surface area contributed by atoms with E-state index in [0.29, 0.717) is 28.6 Å². The zero-order valence-corrected chi connectivity index (χ0v) is 29.6. The minimum atomic E-state index is -3.11. The number of sulfone groups is 1. The van der Waals surface area contributed by atoms with E-state index >= 15 is 0 Å². The number of hydrogen-bond donors (Lipinski definition) is 2. The highest BCUT2D eigenvalue weighted by atomic mass is 32.2. The summed E-state index contributed by atoms with van der Waals surface area (Å²) in [7, 11) is -3.11. The van der Waals surface area contributed by atoms with Crippen molar-refractivity contribution in [2.45, 2.75) is 126 Å². The number of nitrogens with zero attached hydrogens (tertiary/aromatic N) is 3. The van der Waals surface area contributed by atoms with Gasteiger partial charge in [-0.25, -0.2) is 8.42 Å². The van der Waals surface area contributed by atoms with E-state index in [2.05, 4.69) is 67.1 Å². The largest absolute Gasteiger partial charge is 0.354 e. The highest BCUT2D eigenvalue weighted by Crippen LogP contribution is 2.30. The third-order valence-electron chi connectivity index (χ3n) is 7.53. The van der Waals surface area contributed by atoms with Crippen LogP contribution in [0.1, 0.15) is 119 Å². The second kappa shape index (κ2) is 22.3. The molecule has 0 radical (unpaired) electrons. The molecule has 42 heavy (non-hydrogen) atoms. The van der Waals surface area contributed by atoms with Crippen LogP contribution in [0, 0.1) is 37.5 Å². The molecule has 0 saturated heterocycles. The Bertz CT molecular complexity index is 1050. The number of benzene rings is 1. The summed E-state index contributed by atoms with van der Waals surface area (Å²) < 4.78 is 24.1. The summed E-state index contributed by atoms with van der Waals surface area (Å²) in [6, 6.07) is 7.09. The molecule has 2 aromatic rings. The lowest BCUT2D eigenvalue weighted by Gasteiger charge is -2.27. The van der Waals surface area contributed by atoms with Crippen LogP contribution in [-0.2, 0) is 9.84 Å². The van der Waals surface area contributed by atoms with Gasteiger partial charge in [0.2, 0.25) is 11.9 Å². The molecule has 0 bridgehead atoms. The van der Waals surface area contributed by atoms with Crippen LogP contribution in [0.2, 0.25) is 0 Å². The van der Waals surface area contributed by atoms with Gasteiger partial charge in [-0.05, 0) is 75.8 Å². The van der Waals surface area contributed by atoms with Crippen molar-refractivity contribution in [3.05, 3.63) is 35.7 Å². The van der Waals surface area contributed by atoms with Crippen molar-refractivity contribution in [3.63, 3.8) is 0 Å². The van der Waals surface area contributed by atoms with Crippen molar-refractivity contribution < 1.29 is 8.42 Å². The molecule has 1 aliphatic rings. The molecule has 2 N–H and O–H groups in total. The molecular weight excluding hydrogens is 542 g/mol. The van der Waals surface area contributed by atoms with Crippen molar-refractivity contribution in [2.24, 2.45) is 23.7 Å². The second-order valence-corrected chi connectivity index (χ2v) is 13.7. The molecule has 1 aromatic carbocycles. The van der Waals surface area contributed by atoms with Gasteiger partial charge in [0, 0.05) is 13.1 Å². The lowest BCUT2D eigenvalue weighted by Crippen LogP contribution is -2.22. The Hall–Kier alpha value is -2.22. The van der Waals surface area contributed by atoms with Crippen LogP contribution in [0.5, 0.6) is 0 Å². The lowest BCUT2D eigenvalue weighted by atomic mass is 9.81. The van der Waals surface area contributed by atoms with Gasteiger partial charge < -0.3 is 10.6 Å². The average molecular weight is 606 g/mol. The van der Waals surface area contributed by atoms with Crippen molar-refractivity contribution in [1.29, 1.82) is 0 Å². The molecule has 0 spiro atoms. The molecule has 1 fully saturated rings. The summed E-state index contributed by atoms with van der Waals surface area (Å²) in [5, 5.41) is 6.52. The van der Waals surface area contributed by atoms with Crippen molar-refractivity contribution in [2.75, 3.05) is 29.5 Å². The maximum absolute atomic E-state index is 12.1. The number of aryl methyl sites for hydroxylation is 2. The van der Waals surface area contributed by atoms with Crippen LogP contribution >= 0.6 is 0 Å². The third-order valence-corrected chi connectivity index (χ3v) is 9.30. The first kappa shape index (κ1) is 39.8. The smallest absolute Gasteiger partial charge is 0.227 e. The highest BCUT2D eigenvalue weighted by Gasteiger charge is 2.20. The fraction of sp³-hybridized carbons (Fsp3) is 0.735. The van der Waals surface area contributed by atoms with Crippen molar-refractivity contribution in [1.82, 2.24) is 15.0 Å². The number of nitrogens with one attached hydrogen (secondary N) is 2. The van der Waals surface area contributed by atoms with E-state index in [4.69, 9.17) is 0 Å². The molecule has 8 heteroatoms. The Morgan fingerprint density at radius 3 is 1.79 bits per heavy atom. The van der Waals surface area contributed by atoms with Gasteiger partial charge in [0.05, 0.1) is 10.6 Å². The first-order valence-corrected chi connectivity index (χ1v) is 18.1. The zero-order valence-electron chi connectivity index (χ0n) is 28.8. The summed E-state index contributed by atoms with van der Waals surface area (Å²) in [6.07, 6.45) is 8.72. The van der Waals surface area contributed by atoms with Gasteiger partial charge in [-0.1, -0.05) is 98.8 Å². The fourth-order valence-electron chi connectivity index (χ4n) is 4.42. The van der Waals surface area contributed by atoms with Crippen LogP contribution in [0.15, 0.2) is 29.2 Å². The second-order valence-electron chi connectivity index (χ2n) is 11.6. The molecule has 242 valence electrons. The fourth-order valence-corrected chi connectivity index (χ4v) is 5.88. The molecule has 1 aromatic heterocycles. The molecule has 7 nitrogen and oxygen atoms in total. The summed E-state index contributed by atoms with van der Waals surface area (Å²) >= 11 is 0.